The van der Waals surface area contributed by atoms with Crippen LogP contribution in [0.1, 0.15) is 27.2 Å². The van der Waals surface area contributed by atoms with Gasteiger partial charge in [0.1, 0.15) is 0 Å². The van der Waals surface area contributed by atoms with Gasteiger partial charge >= 0.3 is 0 Å². The van der Waals surface area contributed by atoms with Crippen LogP contribution < -0.4 is 10.2 Å². The molecule has 7 aromatic rings. The van der Waals surface area contributed by atoms with Crippen molar-refractivity contribution >= 4 is 45.2 Å². The van der Waals surface area contributed by atoms with Crippen LogP contribution in [-0.4, -0.2) is 40.8 Å². The van der Waals surface area contributed by atoms with Gasteiger partial charge in [0.05, 0.1) is 35.2 Å². The molecule has 43 heavy (non-hydrogen) atoms. The molecule has 3 aromatic carbocycles. The zero-order valence-electron chi connectivity index (χ0n) is 23.8. The summed E-state index contributed by atoms with van der Waals surface area (Å²) in [5, 5.41) is 17.0. The molecule has 10 heteroatoms. The molecule has 0 unspecified atom stereocenters. The Morgan fingerprint density at radius 1 is 0.907 bits per heavy atom. The average Bonchev–Trinajstić information content (AvgIpc) is 3.80. The monoisotopic (exact) mass is 565 g/mol. The van der Waals surface area contributed by atoms with E-state index >= 15 is 0 Å². The van der Waals surface area contributed by atoms with Crippen molar-refractivity contribution in [2.24, 2.45) is 7.05 Å². The number of rotatable bonds is 5. The number of aryl methyl sites for hydroxylation is 3. The fourth-order valence-electron chi connectivity index (χ4n) is 6.05. The molecule has 0 spiro atoms. The summed E-state index contributed by atoms with van der Waals surface area (Å²) in [7, 11) is 1.90. The Bertz CT molecular complexity index is 2200. The molecule has 0 aliphatic carbocycles. The third kappa shape index (κ3) is 3.91. The number of aromatic amines is 2. The van der Waals surface area contributed by atoms with E-state index in [1.807, 2.05) is 86.9 Å². The molecule has 0 atom stereocenters. The molecule has 210 valence electrons. The molecule has 5 heterocycles. The van der Waals surface area contributed by atoms with Crippen LogP contribution in [0.3, 0.4) is 0 Å². The molecule has 1 aliphatic rings. The minimum Gasteiger partial charge on any atom is -0.359 e. The predicted octanol–water partition coefficient (Wildman–Crippen LogP) is 6.42. The third-order valence-corrected chi connectivity index (χ3v) is 8.31. The van der Waals surface area contributed by atoms with Gasteiger partial charge < -0.3 is 15.2 Å². The maximum Gasteiger partial charge on any atom is 0.259 e. The van der Waals surface area contributed by atoms with E-state index in [2.05, 4.69) is 48.8 Å². The van der Waals surface area contributed by atoms with E-state index < -0.39 is 0 Å². The number of para-hydroxylation sites is 1. The van der Waals surface area contributed by atoms with Gasteiger partial charge in [-0.1, -0.05) is 36.4 Å². The summed E-state index contributed by atoms with van der Waals surface area (Å²) < 4.78 is 1.80. The highest BCUT2D eigenvalue weighted by Gasteiger charge is 2.32. The van der Waals surface area contributed by atoms with Gasteiger partial charge in [-0.05, 0) is 54.3 Å². The van der Waals surface area contributed by atoms with E-state index in [0.717, 1.165) is 66.7 Å². The number of anilines is 3. The first-order chi connectivity index (χ1) is 21.0. The van der Waals surface area contributed by atoms with E-state index in [4.69, 9.17) is 4.98 Å². The molecule has 1 amide bonds. The largest absolute Gasteiger partial charge is 0.359 e. The number of H-pyrrole nitrogens is 2. The lowest BCUT2D eigenvalue weighted by Crippen LogP contribution is -2.23. The molecule has 0 fully saturated rings. The molecular weight excluding hydrogens is 538 g/mol. The highest BCUT2D eigenvalue weighted by molar-refractivity contribution is 6.16. The minimum absolute atomic E-state index is 0.0183. The average molecular weight is 566 g/mol. The molecule has 0 radical (unpaired) electrons. The van der Waals surface area contributed by atoms with Crippen LogP contribution in [0.5, 0.6) is 0 Å². The number of fused-ring (bicyclic) bond motifs is 3. The van der Waals surface area contributed by atoms with Gasteiger partial charge in [0.25, 0.3) is 5.91 Å². The minimum atomic E-state index is -0.0183. The summed E-state index contributed by atoms with van der Waals surface area (Å²) in [6, 6.07) is 20.0. The second-order valence-corrected chi connectivity index (χ2v) is 10.9. The Balaban J connectivity index is 1.18. The summed E-state index contributed by atoms with van der Waals surface area (Å²) in [6.07, 6.45) is 5.61. The second-order valence-electron chi connectivity index (χ2n) is 10.9. The highest BCUT2D eigenvalue weighted by atomic mass is 16.2. The van der Waals surface area contributed by atoms with Crippen LogP contribution in [0.15, 0.2) is 79.3 Å². The van der Waals surface area contributed by atoms with E-state index in [1.165, 1.54) is 0 Å². The van der Waals surface area contributed by atoms with Crippen LogP contribution in [0.25, 0.3) is 44.2 Å². The van der Waals surface area contributed by atoms with Gasteiger partial charge in [-0.15, -0.1) is 0 Å². The first-order valence-electron chi connectivity index (χ1n) is 14.0. The molecule has 0 saturated heterocycles. The normalized spacial score (nSPS) is 12.9. The van der Waals surface area contributed by atoms with Crippen molar-refractivity contribution in [2.75, 3.05) is 10.2 Å². The summed E-state index contributed by atoms with van der Waals surface area (Å²) in [6.45, 7) is 4.46. The van der Waals surface area contributed by atoms with Crippen molar-refractivity contribution < 1.29 is 4.79 Å². The second kappa shape index (κ2) is 9.38. The Morgan fingerprint density at radius 3 is 2.58 bits per heavy atom. The number of nitrogens with one attached hydrogen (secondary N) is 3. The van der Waals surface area contributed by atoms with Crippen molar-refractivity contribution in [3.63, 3.8) is 0 Å². The molecule has 0 bridgehead atoms. The predicted molar refractivity (Wildman–Crippen MR) is 167 cm³/mol. The SMILES string of the molecule is Cc1cnc(Nc2cc(C)n(C)n2)nc1-c1c[nH]c2c(N3Cc4c(cccc4-c4cccc5[nH]ncc45)C3=O)cccc12. The van der Waals surface area contributed by atoms with Gasteiger partial charge in [-0.2, -0.15) is 10.2 Å². The number of aromatic nitrogens is 7. The smallest absolute Gasteiger partial charge is 0.259 e. The number of amides is 1. The van der Waals surface area contributed by atoms with Crippen molar-refractivity contribution in [1.29, 1.82) is 0 Å². The Labute approximate surface area is 246 Å². The topological polar surface area (TPSA) is 120 Å². The fraction of sp³-hybridized carbons (Fsp3) is 0.121. The van der Waals surface area contributed by atoms with Crippen molar-refractivity contribution in [1.82, 2.24) is 34.9 Å². The number of carbonyl (C=O) groups is 1. The third-order valence-electron chi connectivity index (χ3n) is 8.31. The Hall–Kier alpha value is -5.77. The summed E-state index contributed by atoms with van der Waals surface area (Å²) in [5.41, 5.74) is 10.2. The van der Waals surface area contributed by atoms with Crippen molar-refractivity contribution in [3.8, 4) is 22.4 Å². The maximum absolute atomic E-state index is 13.9. The highest BCUT2D eigenvalue weighted by Crippen LogP contribution is 2.41. The van der Waals surface area contributed by atoms with E-state index in [9.17, 15) is 4.79 Å². The van der Waals surface area contributed by atoms with Crippen LogP contribution in [-0.2, 0) is 13.6 Å². The zero-order valence-corrected chi connectivity index (χ0v) is 23.8. The lowest BCUT2D eigenvalue weighted by Gasteiger charge is -2.17. The number of nitrogens with zero attached hydrogens (tertiary/aromatic N) is 6. The quantitative estimate of drug-likeness (QED) is 0.221. The lowest BCUT2D eigenvalue weighted by atomic mass is 9.95. The molecule has 0 saturated carbocycles. The number of hydrogen-bond acceptors (Lipinski definition) is 6. The fourth-order valence-corrected chi connectivity index (χ4v) is 6.05. The van der Waals surface area contributed by atoms with Crippen LogP contribution in [0.2, 0.25) is 0 Å². The van der Waals surface area contributed by atoms with Gasteiger partial charge in [0, 0.05) is 53.1 Å². The van der Waals surface area contributed by atoms with Gasteiger partial charge in [0.2, 0.25) is 5.95 Å². The van der Waals surface area contributed by atoms with E-state index in [0.29, 0.717) is 23.9 Å². The Kier molecular flexibility index (Phi) is 5.45. The number of carbonyl (C=O) groups excluding carboxylic acids is 1. The van der Waals surface area contributed by atoms with Gasteiger partial charge in [-0.25, -0.2) is 9.97 Å². The lowest BCUT2D eigenvalue weighted by molar-refractivity contribution is 0.0997. The summed E-state index contributed by atoms with van der Waals surface area (Å²) >= 11 is 0. The number of hydrogen-bond donors (Lipinski definition) is 3. The standard InChI is InChI=1S/C33H27N9O/c1-18-14-35-33(37-29-13-19(2)41(3)40-29)38-30(18)25-15-34-31-22(25)9-6-12-28(31)42-17-26-21(7-4-10-23(26)32(42)43)20-8-5-11-27-24(20)16-36-39-27/h4-16,34H,17H2,1-3H3,(H,36,39)(H,35,37,38,40). The van der Waals surface area contributed by atoms with E-state index in [-0.39, 0.29) is 5.91 Å². The Morgan fingerprint density at radius 2 is 1.72 bits per heavy atom. The van der Waals surface area contributed by atoms with Crippen LogP contribution in [0.4, 0.5) is 17.5 Å². The molecular formula is C33H27N9O. The molecule has 4 aromatic heterocycles. The number of benzene rings is 3. The van der Waals surface area contributed by atoms with Crippen molar-refractivity contribution in [3.05, 3.63) is 102 Å². The zero-order chi connectivity index (χ0) is 29.2. The molecule has 1 aliphatic heterocycles. The molecule has 3 N–H and O–H groups in total. The van der Waals surface area contributed by atoms with Crippen LogP contribution >= 0.6 is 0 Å². The van der Waals surface area contributed by atoms with Crippen molar-refractivity contribution in [2.45, 2.75) is 20.4 Å². The maximum atomic E-state index is 13.9. The van der Waals surface area contributed by atoms with Gasteiger partial charge in [0.15, 0.2) is 5.82 Å². The van der Waals surface area contributed by atoms with E-state index in [1.54, 1.807) is 4.68 Å². The van der Waals surface area contributed by atoms with Crippen LogP contribution in [0, 0.1) is 13.8 Å². The first-order valence-corrected chi connectivity index (χ1v) is 14.0. The summed E-state index contributed by atoms with van der Waals surface area (Å²) in [5.74, 6) is 1.14. The summed E-state index contributed by atoms with van der Waals surface area (Å²) in [4.78, 5) is 28.5. The van der Waals surface area contributed by atoms with Gasteiger partial charge in [-0.3, -0.25) is 14.6 Å². The molecule has 8 rings (SSSR count). The molecule has 10 nitrogen and oxygen atoms in total. The first kappa shape index (κ1) is 25.0.